The van der Waals surface area contributed by atoms with Crippen LogP contribution in [0, 0.1) is 0 Å². The van der Waals surface area contributed by atoms with Gasteiger partial charge in [0.2, 0.25) is 0 Å². The molecule has 0 amide bonds. The van der Waals surface area contributed by atoms with Gasteiger partial charge in [0.25, 0.3) is 0 Å². The third-order valence-electron chi connectivity index (χ3n) is 16.0. The molecule has 0 bridgehead atoms. The Labute approximate surface area is 402 Å². The standard InChI is InChI=1S/C65H57BN2/c1-5-7-10-20-42-30-34-46(35-31-42)68-60-41-52-50-28-18-19-29-56(50)65(3,4)57(52)40-53(60)55-39-54(49-27-17-16-25-47(49)44-22-12-9-13-23-44)61-51-36-33-45-24-14-15-26-48(45)63(51)67-59-37-32-43(21-11-8-6-2)38-58(59)66(68)62(55)64(61)67/h9,12-19,22-41H,5-8,10-11,20-21H2,1-4H3. The van der Waals surface area contributed by atoms with E-state index in [-0.39, 0.29) is 12.3 Å². The number of hydrogen-bond donors (Lipinski definition) is 0. The first kappa shape index (κ1) is 41.1. The number of hydrogen-bond acceptors (Lipinski definition) is 1. The van der Waals surface area contributed by atoms with E-state index in [4.69, 9.17) is 0 Å². The summed E-state index contributed by atoms with van der Waals surface area (Å²) in [6, 6.07) is 68.2. The minimum absolute atomic E-state index is 0.0590. The van der Waals surface area contributed by atoms with Crippen LogP contribution in [0.25, 0.3) is 82.8 Å². The maximum Gasteiger partial charge on any atom is 0.333 e. The Morgan fingerprint density at radius 3 is 1.94 bits per heavy atom. The second-order valence-electron chi connectivity index (χ2n) is 20.4. The lowest BCUT2D eigenvalue weighted by Crippen LogP contribution is -2.60. The Hall–Kier alpha value is -7.10. The number of nitrogens with zero attached hydrogens (tertiary/aromatic N) is 2. The van der Waals surface area contributed by atoms with Gasteiger partial charge in [0, 0.05) is 44.2 Å². The third kappa shape index (κ3) is 6.10. The average Bonchev–Trinajstić information content (AvgIpc) is 3.85. The molecule has 3 heteroatoms. The van der Waals surface area contributed by atoms with Crippen LogP contribution in [0.2, 0.25) is 0 Å². The molecule has 2 aliphatic heterocycles. The highest BCUT2D eigenvalue weighted by molar-refractivity contribution is 6.93. The molecule has 0 saturated heterocycles. The van der Waals surface area contributed by atoms with Crippen LogP contribution in [-0.2, 0) is 18.3 Å². The van der Waals surface area contributed by atoms with Gasteiger partial charge in [-0.3, -0.25) is 0 Å². The third-order valence-corrected chi connectivity index (χ3v) is 16.0. The largest absolute Gasteiger partial charge is 0.376 e. The molecule has 2 nitrogen and oxygen atoms in total. The summed E-state index contributed by atoms with van der Waals surface area (Å²) in [5.41, 5.74) is 25.1. The minimum Gasteiger partial charge on any atom is -0.376 e. The Bertz CT molecular complexity index is 3630. The van der Waals surface area contributed by atoms with Gasteiger partial charge in [0.15, 0.2) is 0 Å². The minimum atomic E-state index is -0.152. The number of aryl methyl sites for hydroxylation is 2. The number of benzene rings is 9. The van der Waals surface area contributed by atoms with Gasteiger partial charge >= 0.3 is 6.85 Å². The summed E-state index contributed by atoms with van der Waals surface area (Å²) in [7, 11) is 0. The average molecular weight is 877 g/mol. The summed E-state index contributed by atoms with van der Waals surface area (Å²) >= 11 is 0. The van der Waals surface area contributed by atoms with E-state index in [2.05, 4.69) is 213 Å². The fourth-order valence-corrected chi connectivity index (χ4v) is 12.7. The van der Waals surface area contributed by atoms with Crippen LogP contribution < -0.4 is 15.7 Å². The molecule has 3 aliphatic rings. The molecular weight excluding hydrogens is 820 g/mol. The van der Waals surface area contributed by atoms with Gasteiger partial charge < -0.3 is 9.38 Å². The summed E-state index contributed by atoms with van der Waals surface area (Å²) in [6.07, 6.45) is 9.55. The van der Waals surface area contributed by atoms with Gasteiger partial charge in [0.1, 0.15) is 0 Å². The molecule has 0 unspecified atom stereocenters. The number of aromatic nitrogens is 1. The number of anilines is 2. The molecule has 0 N–H and O–H groups in total. The van der Waals surface area contributed by atoms with Gasteiger partial charge in [-0.05, 0) is 140 Å². The molecule has 10 aromatic rings. The first-order chi connectivity index (χ1) is 33.4. The highest BCUT2D eigenvalue weighted by atomic mass is 15.1. The van der Waals surface area contributed by atoms with Crippen molar-refractivity contribution in [1.29, 1.82) is 0 Å². The summed E-state index contributed by atoms with van der Waals surface area (Å²) in [5.74, 6) is 0. The van der Waals surface area contributed by atoms with Crippen LogP contribution in [0.1, 0.15) is 88.5 Å². The van der Waals surface area contributed by atoms with E-state index in [1.165, 1.54) is 166 Å². The van der Waals surface area contributed by atoms with Gasteiger partial charge in [-0.2, -0.15) is 0 Å². The van der Waals surface area contributed by atoms with Crippen LogP contribution in [0.15, 0.2) is 176 Å². The maximum atomic E-state index is 2.76. The van der Waals surface area contributed by atoms with E-state index in [9.17, 15) is 0 Å². The molecule has 9 aromatic carbocycles. The fraction of sp³-hybridized carbons (Fsp3) is 0.200. The van der Waals surface area contributed by atoms with E-state index in [0.29, 0.717) is 0 Å². The highest BCUT2D eigenvalue weighted by Gasteiger charge is 2.46. The molecule has 13 rings (SSSR count). The van der Waals surface area contributed by atoms with Gasteiger partial charge in [-0.15, -0.1) is 0 Å². The van der Waals surface area contributed by atoms with Crippen molar-refractivity contribution in [3.8, 4) is 50.2 Å². The second-order valence-corrected chi connectivity index (χ2v) is 20.4. The maximum absolute atomic E-state index is 2.76. The van der Waals surface area contributed by atoms with Crippen LogP contribution >= 0.6 is 0 Å². The second kappa shape index (κ2) is 16.0. The van der Waals surface area contributed by atoms with Gasteiger partial charge in [-0.25, -0.2) is 0 Å². The zero-order valence-corrected chi connectivity index (χ0v) is 39.9. The smallest absolute Gasteiger partial charge is 0.333 e. The Kier molecular flexibility index (Phi) is 9.69. The van der Waals surface area contributed by atoms with Crippen molar-refractivity contribution in [2.24, 2.45) is 0 Å². The van der Waals surface area contributed by atoms with E-state index >= 15 is 0 Å². The van der Waals surface area contributed by atoms with Gasteiger partial charge in [-0.1, -0.05) is 193 Å². The lowest BCUT2D eigenvalue weighted by molar-refractivity contribution is 0.660. The van der Waals surface area contributed by atoms with E-state index in [1.807, 2.05) is 0 Å². The van der Waals surface area contributed by atoms with Crippen LogP contribution in [0.5, 0.6) is 0 Å². The predicted molar refractivity (Wildman–Crippen MR) is 292 cm³/mol. The SMILES string of the molecule is CCCCCc1ccc(N2B3c4cc(CCCCC)ccc4-n4c5c3c(cc(-c3ccccc3-c3ccccc3)c5c3ccc5ccccc5c34)-c3cc4c(cc32)-c2ccccc2C4(C)C)cc1. The van der Waals surface area contributed by atoms with Crippen molar-refractivity contribution < 1.29 is 0 Å². The van der Waals surface area contributed by atoms with E-state index in [1.54, 1.807) is 0 Å². The summed E-state index contributed by atoms with van der Waals surface area (Å²) in [5, 5.41) is 5.19. The Morgan fingerprint density at radius 1 is 0.456 bits per heavy atom. The molecule has 0 fully saturated rings. The molecule has 0 saturated carbocycles. The monoisotopic (exact) mass is 876 g/mol. The van der Waals surface area contributed by atoms with Gasteiger partial charge in [0.05, 0.1) is 11.0 Å². The summed E-state index contributed by atoms with van der Waals surface area (Å²) < 4.78 is 2.70. The van der Waals surface area contributed by atoms with Crippen LogP contribution in [-0.4, -0.2) is 11.4 Å². The topological polar surface area (TPSA) is 8.17 Å². The molecule has 0 radical (unpaired) electrons. The highest BCUT2D eigenvalue weighted by Crippen LogP contribution is 2.55. The Morgan fingerprint density at radius 2 is 1.15 bits per heavy atom. The molecule has 68 heavy (non-hydrogen) atoms. The van der Waals surface area contributed by atoms with Crippen molar-refractivity contribution in [3.63, 3.8) is 0 Å². The molecular formula is C65H57BN2. The number of rotatable bonds is 11. The van der Waals surface area contributed by atoms with Crippen molar-refractivity contribution in [3.05, 3.63) is 198 Å². The first-order valence-corrected chi connectivity index (χ1v) is 25.4. The normalized spacial score (nSPS) is 13.8. The molecule has 3 heterocycles. The molecule has 0 spiro atoms. The summed E-state index contributed by atoms with van der Waals surface area (Å²) in [4.78, 5) is 2.76. The molecule has 330 valence electrons. The fourth-order valence-electron chi connectivity index (χ4n) is 12.7. The zero-order valence-electron chi connectivity index (χ0n) is 39.9. The lowest BCUT2D eigenvalue weighted by atomic mass is 9.43. The van der Waals surface area contributed by atoms with Crippen LogP contribution in [0.4, 0.5) is 11.4 Å². The van der Waals surface area contributed by atoms with E-state index < -0.39 is 0 Å². The van der Waals surface area contributed by atoms with Crippen LogP contribution in [0.3, 0.4) is 0 Å². The van der Waals surface area contributed by atoms with Crippen molar-refractivity contribution >= 4 is 61.7 Å². The van der Waals surface area contributed by atoms with E-state index in [0.717, 1.165) is 12.8 Å². The number of fused-ring (bicyclic) bond motifs is 13. The first-order valence-electron chi connectivity index (χ1n) is 25.4. The van der Waals surface area contributed by atoms with Crippen molar-refractivity contribution in [2.75, 3.05) is 4.81 Å². The quantitative estimate of drug-likeness (QED) is 0.0928. The lowest BCUT2D eigenvalue weighted by Gasteiger charge is -2.43. The summed E-state index contributed by atoms with van der Waals surface area (Å²) in [6.45, 7) is 9.41. The zero-order chi connectivity index (χ0) is 45.7. The number of unbranched alkanes of at least 4 members (excludes halogenated alkanes) is 4. The molecule has 1 aliphatic carbocycles. The van der Waals surface area contributed by atoms with Crippen molar-refractivity contribution in [2.45, 2.75) is 84.5 Å². The predicted octanol–water partition coefficient (Wildman–Crippen LogP) is 16.3. The van der Waals surface area contributed by atoms with Crippen molar-refractivity contribution in [1.82, 2.24) is 4.57 Å². The Balaban J connectivity index is 1.20. The molecule has 0 atom stereocenters. The molecule has 1 aromatic heterocycles.